The predicted molar refractivity (Wildman–Crippen MR) is 105 cm³/mol. The van der Waals surface area contributed by atoms with E-state index in [2.05, 4.69) is 6.58 Å². The largest absolute Gasteiger partial charge is 0.381 e. The summed E-state index contributed by atoms with van der Waals surface area (Å²) in [6.07, 6.45) is 2.80. The third kappa shape index (κ3) is 4.23. The van der Waals surface area contributed by atoms with Gasteiger partial charge in [0.2, 0.25) is 5.91 Å². The lowest BCUT2D eigenvalue weighted by Gasteiger charge is -2.40. The number of nitrogens with zero attached hydrogens (tertiary/aromatic N) is 1. The molecule has 0 atom stereocenters. The molecular weight excluding hydrogens is 365 g/mol. The van der Waals surface area contributed by atoms with Crippen LogP contribution in [0, 0.1) is 5.82 Å². The first-order valence-electron chi connectivity index (χ1n) is 9.04. The zero-order chi connectivity index (χ0) is 19.3. The Morgan fingerprint density at radius 3 is 2.63 bits per heavy atom. The second-order valence-corrected chi connectivity index (χ2v) is 7.21. The zero-order valence-corrected chi connectivity index (χ0v) is 15.9. The van der Waals surface area contributed by atoms with Gasteiger partial charge in [0.05, 0.1) is 5.41 Å². The SMILES string of the molecule is C=CCN(Cc1ccccc1F)C(=O)C1(c2cccc(Cl)c2)CCOCC1. The molecule has 142 valence electrons. The van der Waals surface area contributed by atoms with E-state index in [0.717, 1.165) is 5.56 Å². The van der Waals surface area contributed by atoms with Crippen LogP contribution in [0.3, 0.4) is 0 Å². The summed E-state index contributed by atoms with van der Waals surface area (Å²) in [5.41, 5.74) is 0.643. The molecule has 0 N–H and O–H groups in total. The normalized spacial score (nSPS) is 15.9. The smallest absolute Gasteiger partial charge is 0.233 e. The minimum Gasteiger partial charge on any atom is -0.381 e. The monoisotopic (exact) mass is 387 g/mol. The minimum absolute atomic E-state index is 0.0452. The van der Waals surface area contributed by atoms with Crippen LogP contribution in [0.4, 0.5) is 4.39 Å². The van der Waals surface area contributed by atoms with Crippen LogP contribution in [0.1, 0.15) is 24.0 Å². The number of carbonyl (C=O) groups is 1. The number of carbonyl (C=O) groups excluding carboxylic acids is 1. The van der Waals surface area contributed by atoms with E-state index < -0.39 is 5.41 Å². The lowest BCUT2D eigenvalue weighted by molar-refractivity contribution is -0.141. The van der Waals surface area contributed by atoms with Crippen molar-refractivity contribution in [1.29, 1.82) is 0 Å². The molecule has 2 aromatic rings. The van der Waals surface area contributed by atoms with Crippen molar-refractivity contribution in [3.05, 3.63) is 83.2 Å². The van der Waals surface area contributed by atoms with E-state index in [4.69, 9.17) is 16.3 Å². The van der Waals surface area contributed by atoms with E-state index in [0.29, 0.717) is 43.2 Å². The Balaban J connectivity index is 1.97. The number of halogens is 2. The highest BCUT2D eigenvalue weighted by Crippen LogP contribution is 2.38. The van der Waals surface area contributed by atoms with Gasteiger partial charge in [0, 0.05) is 36.9 Å². The molecular formula is C22H23ClFNO2. The average Bonchev–Trinajstić information content (AvgIpc) is 2.69. The summed E-state index contributed by atoms with van der Waals surface area (Å²) >= 11 is 6.20. The van der Waals surface area contributed by atoms with Gasteiger partial charge in [-0.15, -0.1) is 6.58 Å². The molecule has 1 aliphatic rings. The molecule has 0 aromatic heterocycles. The molecule has 0 bridgehead atoms. The van der Waals surface area contributed by atoms with E-state index in [-0.39, 0.29) is 18.3 Å². The maximum Gasteiger partial charge on any atom is 0.233 e. The van der Waals surface area contributed by atoms with Crippen molar-refractivity contribution < 1.29 is 13.9 Å². The summed E-state index contributed by atoms with van der Waals surface area (Å²) in [5.74, 6) is -0.362. The molecule has 0 unspecified atom stereocenters. The minimum atomic E-state index is -0.725. The molecule has 0 spiro atoms. The number of hydrogen-bond acceptors (Lipinski definition) is 2. The average molecular weight is 388 g/mol. The van der Waals surface area contributed by atoms with Gasteiger partial charge in [-0.3, -0.25) is 4.79 Å². The van der Waals surface area contributed by atoms with Crippen molar-refractivity contribution in [3.8, 4) is 0 Å². The van der Waals surface area contributed by atoms with Crippen molar-refractivity contribution in [2.45, 2.75) is 24.8 Å². The van der Waals surface area contributed by atoms with Gasteiger partial charge in [0.15, 0.2) is 0 Å². The Morgan fingerprint density at radius 2 is 1.96 bits per heavy atom. The van der Waals surface area contributed by atoms with Crippen LogP contribution in [0.2, 0.25) is 5.02 Å². The Bertz CT molecular complexity index is 817. The van der Waals surface area contributed by atoms with Crippen LogP contribution in [-0.2, 0) is 21.5 Å². The van der Waals surface area contributed by atoms with Gasteiger partial charge in [-0.2, -0.15) is 0 Å². The zero-order valence-electron chi connectivity index (χ0n) is 15.2. The highest BCUT2D eigenvalue weighted by Gasteiger charge is 2.44. The van der Waals surface area contributed by atoms with Crippen LogP contribution in [0.25, 0.3) is 0 Å². The van der Waals surface area contributed by atoms with Crippen molar-refractivity contribution in [3.63, 3.8) is 0 Å². The summed E-state index contributed by atoms with van der Waals surface area (Å²) in [6, 6.07) is 14.0. The van der Waals surface area contributed by atoms with E-state index in [1.165, 1.54) is 6.07 Å². The van der Waals surface area contributed by atoms with Crippen LogP contribution < -0.4 is 0 Å². The van der Waals surface area contributed by atoms with Crippen molar-refractivity contribution in [2.24, 2.45) is 0 Å². The summed E-state index contributed by atoms with van der Waals surface area (Å²) in [6.45, 7) is 5.31. The predicted octanol–water partition coefficient (Wildman–Crippen LogP) is 4.74. The van der Waals surface area contributed by atoms with Gasteiger partial charge < -0.3 is 9.64 Å². The van der Waals surface area contributed by atoms with Crippen LogP contribution >= 0.6 is 11.6 Å². The van der Waals surface area contributed by atoms with Gasteiger partial charge in [0.1, 0.15) is 5.82 Å². The quantitative estimate of drug-likeness (QED) is 0.670. The highest BCUT2D eigenvalue weighted by atomic mass is 35.5. The summed E-state index contributed by atoms with van der Waals surface area (Å²) in [5, 5.41) is 0.593. The molecule has 3 nitrogen and oxygen atoms in total. The first-order valence-corrected chi connectivity index (χ1v) is 9.42. The van der Waals surface area contributed by atoms with Gasteiger partial charge in [-0.25, -0.2) is 4.39 Å². The van der Waals surface area contributed by atoms with Gasteiger partial charge in [-0.05, 0) is 36.6 Å². The third-order valence-electron chi connectivity index (χ3n) is 5.09. The first-order chi connectivity index (χ1) is 13.1. The Labute approximate surface area is 164 Å². The lowest BCUT2D eigenvalue weighted by atomic mass is 9.73. The molecule has 1 heterocycles. The number of amides is 1. The van der Waals surface area contributed by atoms with Gasteiger partial charge in [-0.1, -0.05) is 48.0 Å². The molecule has 0 saturated carbocycles. The highest BCUT2D eigenvalue weighted by molar-refractivity contribution is 6.30. The van der Waals surface area contributed by atoms with E-state index >= 15 is 0 Å². The maximum absolute atomic E-state index is 14.2. The van der Waals surface area contributed by atoms with Crippen LogP contribution in [0.5, 0.6) is 0 Å². The molecule has 0 aliphatic carbocycles. The van der Waals surface area contributed by atoms with Gasteiger partial charge in [0.25, 0.3) is 0 Å². The van der Waals surface area contributed by atoms with E-state index in [1.54, 1.807) is 35.2 Å². The number of hydrogen-bond donors (Lipinski definition) is 0. The molecule has 5 heteroatoms. The van der Waals surface area contributed by atoms with Crippen molar-refractivity contribution >= 4 is 17.5 Å². The number of rotatable bonds is 6. The van der Waals surface area contributed by atoms with E-state index in [9.17, 15) is 9.18 Å². The Kier molecular flexibility index (Phi) is 6.30. The van der Waals surface area contributed by atoms with Crippen LogP contribution in [0.15, 0.2) is 61.2 Å². The molecule has 27 heavy (non-hydrogen) atoms. The first kappa shape index (κ1) is 19.6. The fourth-order valence-corrected chi connectivity index (χ4v) is 3.83. The second kappa shape index (κ2) is 8.68. The molecule has 0 radical (unpaired) electrons. The molecule has 1 aliphatic heterocycles. The summed E-state index contributed by atoms with van der Waals surface area (Å²) in [4.78, 5) is 15.4. The molecule has 2 aromatic carbocycles. The summed E-state index contributed by atoms with van der Waals surface area (Å²) in [7, 11) is 0. The fraction of sp³-hybridized carbons (Fsp3) is 0.318. The standard InChI is InChI=1S/C22H23ClFNO2/c1-2-12-25(16-17-6-3-4-9-20(17)24)21(26)22(10-13-27-14-11-22)18-7-5-8-19(23)15-18/h2-9,15H,1,10-14,16H2. The molecule has 1 amide bonds. The fourth-order valence-electron chi connectivity index (χ4n) is 3.64. The lowest BCUT2D eigenvalue weighted by Crippen LogP contribution is -2.49. The van der Waals surface area contributed by atoms with Crippen molar-refractivity contribution in [1.82, 2.24) is 4.90 Å². The van der Waals surface area contributed by atoms with E-state index in [1.807, 2.05) is 18.2 Å². The second-order valence-electron chi connectivity index (χ2n) is 6.77. The number of ether oxygens (including phenoxy) is 1. The van der Waals surface area contributed by atoms with Crippen molar-refractivity contribution in [2.75, 3.05) is 19.8 Å². The molecule has 1 fully saturated rings. The van der Waals surface area contributed by atoms with Gasteiger partial charge >= 0.3 is 0 Å². The van der Waals surface area contributed by atoms with Crippen LogP contribution in [-0.4, -0.2) is 30.6 Å². The molecule has 1 saturated heterocycles. The topological polar surface area (TPSA) is 29.5 Å². The number of benzene rings is 2. The Hall–Kier alpha value is -2.17. The maximum atomic E-state index is 14.2. The summed E-state index contributed by atoms with van der Waals surface area (Å²) < 4.78 is 19.7. The molecule has 3 rings (SSSR count). The Morgan fingerprint density at radius 1 is 1.22 bits per heavy atom. The third-order valence-corrected chi connectivity index (χ3v) is 5.32.